The molecule has 20 heavy (non-hydrogen) atoms. The second-order valence-corrected chi connectivity index (χ2v) is 5.59. The van der Waals surface area contributed by atoms with Crippen LogP contribution in [0.25, 0.3) is 11.1 Å². The van der Waals surface area contributed by atoms with Crippen molar-refractivity contribution in [3.8, 4) is 11.1 Å². The van der Waals surface area contributed by atoms with E-state index in [4.69, 9.17) is 0 Å². The van der Waals surface area contributed by atoms with Crippen molar-refractivity contribution in [3.05, 3.63) is 53.6 Å². The molecule has 0 fully saturated rings. The molecule has 0 aliphatic heterocycles. The molecule has 0 unspecified atom stereocenters. The summed E-state index contributed by atoms with van der Waals surface area (Å²) < 4.78 is 0. The molecule has 3 rings (SSSR count). The lowest BCUT2D eigenvalue weighted by atomic mass is 9.88. The van der Waals surface area contributed by atoms with E-state index in [0.717, 1.165) is 29.5 Å². The Morgan fingerprint density at radius 2 is 1.60 bits per heavy atom. The van der Waals surface area contributed by atoms with E-state index in [0.29, 0.717) is 6.42 Å². The quantitative estimate of drug-likeness (QED) is 0.819. The van der Waals surface area contributed by atoms with Crippen molar-refractivity contribution in [2.75, 3.05) is 19.0 Å². The molecule has 2 nitrogen and oxygen atoms in total. The van der Waals surface area contributed by atoms with Crippen LogP contribution in [0.1, 0.15) is 28.8 Å². The Balaban J connectivity index is 1.98. The monoisotopic (exact) mass is 265 g/mol. The van der Waals surface area contributed by atoms with Gasteiger partial charge in [0.15, 0.2) is 5.78 Å². The first-order valence-corrected chi connectivity index (χ1v) is 7.09. The number of Topliss-reactive ketones (excluding diaryl/α,β-unsaturated/α-hetero) is 1. The number of anilines is 1. The van der Waals surface area contributed by atoms with Crippen molar-refractivity contribution in [1.82, 2.24) is 0 Å². The Morgan fingerprint density at radius 1 is 0.900 bits per heavy atom. The van der Waals surface area contributed by atoms with E-state index in [-0.39, 0.29) is 5.78 Å². The Labute approximate surface area is 120 Å². The number of hydrogen-bond donors (Lipinski definition) is 0. The number of ketones is 1. The predicted molar refractivity (Wildman–Crippen MR) is 83.5 cm³/mol. The SMILES string of the molecule is CN(C)c1ccc(-c2ccc3c(c2)C(=O)CCC3)cc1. The van der Waals surface area contributed by atoms with E-state index < -0.39 is 0 Å². The van der Waals surface area contributed by atoms with Gasteiger partial charge in [0.25, 0.3) is 0 Å². The number of hydrogen-bond acceptors (Lipinski definition) is 2. The van der Waals surface area contributed by atoms with Crippen LogP contribution in [0.2, 0.25) is 0 Å². The van der Waals surface area contributed by atoms with Crippen molar-refractivity contribution >= 4 is 11.5 Å². The van der Waals surface area contributed by atoms with Gasteiger partial charge in [-0.1, -0.05) is 24.3 Å². The summed E-state index contributed by atoms with van der Waals surface area (Å²) in [6, 6.07) is 14.7. The van der Waals surface area contributed by atoms with Crippen LogP contribution in [0, 0.1) is 0 Å². The molecule has 1 aliphatic rings. The molecule has 0 saturated carbocycles. The van der Waals surface area contributed by atoms with E-state index in [1.165, 1.54) is 11.3 Å². The van der Waals surface area contributed by atoms with Gasteiger partial charge in [-0.25, -0.2) is 0 Å². The first-order valence-electron chi connectivity index (χ1n) is 7.09. The number of nitrogens with zero attached hydrogens (tertiary/aromatic N) is 1. The number of aryl methyl sites for hydroxylation is 1. The fourth-order valence-corrected chi connectivity index (χ4v) is 2.76. The van der Waals surface area contributed by atoms with Gasteiger partial charge >= 0.3 is 0 Å². The maximum atomic E-state index is 12.0. The van der Waals surface area contributed by atoms with Gasteiger partial charge in [-0.3, -0.25) is 4.79 Å². The zero-order valence-electron chi connectivity index (χ0n) is 12.0. The molecule has 2 aromatic carbocycles. The number of rotatable bonds is 2. The Morgan fingerprint density at radius 3 is 2.30 bits per heavy atom. The summed E-state index contributed by atoms with van der Waals surface area (Å²) in [6.45, 7) is 0. The Bertz CT molecular complexity index is 641. The van der Waals surface area contributed by atoms with Crippen molar-refractivity contribution in [1.29, 1.82) is 0 Å². The lowest BCUT2D eigenvalue weighted by molar-refractivity contribution is 0.0972. The lowest BCUT2D eigenvalue weighted by Crippen LogP contribution is -2.10. The molecule has 0 bridgehead atoms. The van der Waals surface area contributed by atoms with Crippen molar-refractivity contribution in [3.63, 3.8) is 0 Å². The molecular weight excluding hydrogens is 246 g/mol. The highest BCUT2D eigenvalue weighted by atomic mass is 16.1. The minimum absolute atomic E-state index is 0.290. The van der Waals surface area contributed by atoms with Gasteiger partial charge in [0.2, 0.25) is 0 Å². The highest BCUT2D eigenvalue weighted by molar-refractivity contribution is 5.99. The number of fused-ring (bicyclic) bond motifs is 1. The van der Waals surface area contributed by atoms with Crippen molar-refractivity contribution in [2.45, 2.75) is 19.3 Å². The summed E-state index contributed by atoms with van der Waals surface area (Å²) in [6.07, 6.45) is 2.71. The third-order valence-electron chi connectivity index (χ3n) is 3.98. The van der Waals surface area contributed by atoms with E-state index in [2.05, 4.69) is 47.4 Å². The second kappa shape index (κ2) is 5.12. The van der Waals surface area contributed by atoms with Crippen LogP contribution in [0.5, 0.6) is 0 Å². The number of carbonyl (C=O) groups is 1. The molecule has 0 amide bonds. The molecule has 0 atom stereocenters. The molecule has 2 aromatic rings. The van der Waals surface area contributed by atoms with Gasteiger partial charge < -0.3 is 4.90 Å². The largest absolute Gasteiger partial charge is 0.378 e. The summed E-state index contributed by atoms with van der Waals surface area (Å²) in [7, 11) is 4.07. The minimum atomic E-state index is 0.290. The van der Waals surface area contributed by atoms with Crippen LogP contribution >= 0.6 is 0 Å². The van der Waals surface area contributed by atoms with E-state index >= 15 is 0 Å². The molecule has 0 N–H and O–H groups in total. The van der Waals surface area contributed by atoms with Gasteiger partial charge in [-0.05, 0) is 47.7 Å². The van der Waals surface area contributed by atoms with Crippen molar-refractivity contribution < 1.29 is 4.79 Å². The van der Waals surface area contributed by atoms with Gasteiger partial charge in [0, 0.05) is 31.8 Å². The molecule has 2 heteroatoms. The number of carbonyl (C=O) groups excluding carboxylic acids is 1. The molecule has 0 saturated heterocycles. The lowest BCUT2D eigenvalue weighted by Gasteiger charge is -2.16. The van der Waals surface area contributed by atoms with Crippen LogP contribution < -0.4 is 4.90 Å². The molecule has 102 valence electrons. The second-order valence-electron chi connectivity index (χ2n) is 5.59. The summed E-state index contributed by atoms with van der Waals surface area (Å²) in [4.78, 5) is 14.1. The average molecular weight is 265 g/mol. The van der Waals surface area contributed by atoms with Crippen LogP contribution in [0.4, 0.5) is 5.69 Å². The fraction of sp³-hybridized carbons (Fsp3) is 0.278. The highest BCUT2D eigenvalue weighted by Crippen LogP contribution is 2.28. The molecule has 0 spiro atoms. The van der Waals surface area contributed by atoms with E-state index in [1.54, 1.807) is 0 Å². The summed E-state index contributed by atoms with van der Waals surface area (Å²) >= 11 is 0. The Kier molecular flexibility index (Phi) is 3.31. The van der Waals surface area contributed by atoms with Crippen LogP contribution in [-0.2, 0) is 6.42 Å². The van der Waals surface area contributed by atoms with Gasteiger partial charge in [0.05, 0.1) is 0 Å². The van der Waals surface area contributed by atoms with Gasteiger partial charge in [0.1, 0.15) is 0 Å². The summed E-state index contributed by atoms with van der Waals surface area (Å²) in [5.74, 6) is 0.290. The molecule has 0 heterocycles. The first kappa shape index (κ1) is 12.9. The minimum Gasteiger partial charge on any atom is -0.378 e. The van der Waals surface area contributed by atoms with Crippen molar-refractivity contribution in [2.24, 2.45) is 0 Å². The molecule has 1 aliphatic carbocycles. The third-order valence-corrected chi connectivity index (χ3v) is 3.98. The Hall–Kier alpha value is -2.09. The van der Waals surface area contributed by atoms with Gasteiger partial charge in [-0.15, -0.1) is 0 Å². The fourth-order valence-electron chi connectivity index (χ4n) is 2.76. The molecule has 0 radical (unpaired) electrons. The predicted octanol–water partition coefficient (Wildman–Crippen LogP) is 3.94. The summed E-state index contributed by atoms with van der Waals surface area (Å²) in [5.41, 5.74) is 5.60. The summed E-state index contributed by atoms with van der Waals surface area (Å²) in [5, 5.41) is 0. The topological polar surface area (TPSA) is 20.3 Å². The molecular formula is C18H19NO. The third kappa shape index (κ3) is 2.34. The van der Waals surface area contributed by atoms with E-state index in [1.807, 2.05) is 14.1 Å². The van der Waals surface area contributed by atoms with E-state index in [9.17, 15) is 4.79 Å². The maximum absolute atomic E-state index is 12.0. The van der Waals surface area contributed by atoms with Crippen LogP contribution in [0.3, 0.4) is 0 Å². The highest BCUT2D eigenvalue weighted by Gasteiger charge is 2.17. The zero-order chi connectivity index (χ0) is 14.1. The maximum Gasteiger partial charge on any atom is 0.163 e. The van der Waals surface area contributed by atoms with Crippen LogP contribution in [-0.4, -0.2) is 19.9 Å². The normalized spacial score (nSPS) is 14.0. The zero-order valence-corrected chi connectivity index (χ0v) is 12.0. The standard InChI is InChI=1S/C18H19NO/c1-19(2)16-10-8-13(9-11-16)15-7-6-14-4-3-5-18(20)17(14)12-15/h6-12H,3-5H2,1-2H3. The first-order chi connectivity index (χ1) is 9.65. The smallest absolute Gasteiger partial charge is 0.163 e. The average Bonchev–Trinajstić information content (AvgIpc) is 2.47. The van der Waals surface area contributed by atoms with Crippen LogP contribution in [0.15, 0.2) is 42.5 Å². The number of benzene rings is 2. The molecule has 0 aromatic heterocycles. The van der Waals surface area contributed by atoms with Gasteiger partial charge in [-0.2, -0.15) is 0 Å².